The molecular formula is C14H13NO3S2. The highest BCUT2D eigenvalue weighted by atomic mass is 32.2. The molecule has 1 amide bonds. The van der Waals surface area contributed by atoms with Gasteiger partial charge in [-0.25, -0.2) is 4.79 Å². The summed E-state index contributed by atoms with van der Waals surface area (Å²) in [6.45, 7) is 0. The maximum atomic E-state index is 11.8. The fraction of sp³-hybridized carbons (Fsp3) is 0.143. The van der Waals surface area contributed by atoms with Gasteiger partial charge >= 0.3 is 5.97 Å². The highest BCUT2D eigenvalue weighted by Gasteiger charge is 2.07. The summed E-state index contributed by atoms with van der Waals surface area (Å²) in [7, 11) is 1.33. The summed E-state index contributed by atoms with van der Waals surface area (Å²) in [6.07, 6.45) is 0. The Hall–Kier alpha value is -1.79. The average molecular weight is 307 g/mol. The number of ether oxygens (including phenoxy) is 1. The fourth-order valence-electron chi connectivity index (χ4n) is 1.49. The van der Waals surface area contributed by atoms with E-state index in [9.17, 15) is 9.59 Å². The van der Waals surface area contributed by atoms with Gasteiger partial charge in [-0.3, -0.25) is 4.79 Å². The van der Waals surface area contributed by atoms with Gasteiger partial charge in [0.05, 0.1) is 22.6 Å². The van der Waals surface area contributed by atoms with Crippen LogP contribution in [0.1, 0.15) is 10.4 Å². The minimum absolute atomic E-state index is 0.0748. The zero-order chi connectivity index (χ0) is 14.4. The molecule has 0 fully saturated rings. The Kier molecular flexibility index (Phi) is 5.20. The number of hydrogen-bond acceptors (Lipinski definition) is 5. The Morgan fingerprint density at radius 1 is 1.25 bits per heavy atom. The third-order valence-electron chi connectivity index (χ3n) is 2.43. The molecule has 2 aromatic rings. The third-order valence-corrected chi connectivity index (χ3v) is 4.56. The molecule has 6 heteroatoms. The van der Waals surface area contributed by atoms with Crippen LogP contribution in [0, 0.1) is 0 Å². The first-order valence-electron chi connectivity index (χ1n) is 5.83. The zero-order valence-electron chi connectivity index (χ0n) is 10.8. The Labute approximate surface area is 125 Å². The van der Waals surface area contributed by atoms with E-state index in [-0.39, 0.29) is 5.91 Å². The van der Waals surface area contributed by atoms with E-state index in [4.69, 9.17) is 0 Å². The molecule has 1 aromatic heterocycles. The quantitative estimate of drug-likeness (QED) is 0.680. The first-order valence-corrected chi connectivity index (χ1v) is 7.70. The minimum Gasteiger partial charge on any atom is -0.465 e. The normalized spacial score (nSPS) is 10.1. The molecule has 0 saturated carbocycles. The van der Waals surface area contributed by atoms with Gasteiger partial charge in [-0.1, -0.05) is 6.07 Å². The molecule has 0 aliphatic rings. The molecule has 0 atom stereocenters. The van der Waals surface area contributed by atoms with E-state index >= 15 is 0 Å². The highest BCUT2D eigenvalue weighted by molar-refractivity contribution is 8.01. The van der Waals surface area contributed by atoms with Gasteiger partial charge in [-0.05, 0) is 35.7 Å². The monoisotopic (exact) mass is 307 g/mol. The Morgan fingerprint density at radius 3 is 2.60 bits per heavy atom. The number of carbonyl (C=O) groups is 2. The first-order chi connectivity index (χ1) is 9.69. The SMILES string of the molecule is COC(=O)c1ccc(NC(=O)CSc2cccs2)cc1. The minimum atomic E-state index is -0.392. The third kappa shape index (κ3) is 4.11. The van der Waals surface area contributed by atoms with Gasteiger partial charge in [0.2, 0.25) is 5.91 Å². The standard InChI is InChI=1S/C14H13NO3S2/c1-18-14(17)10-4-6-11(7-5-10)15-12(16)9-20-13-3-2-8-19-13/h2-8H,9H2,1H3,(H,15,16). The van der Waals surface area contributed by atoms with E-state index in [0.717, 1.165) is 4.21 Å². The summed E-state index contributed by atoms with van der Waals surface area (Å²) in [4.78, 5) is 23.0. The van der Waals surface area contributed by atoms with Crippen molar-refractivity contribution in [2.45, 2.75) is 4.21 Å². The van der Waals surface area contributed by atoms with Crippen molar-refractivity contribution in [3.8, 4) is 0 Å². The second-order valence-corrected chi connectivity index (χ2v) is 6.06. The predicted molar refractivity (Wildman–Crippen MR) is 81.5 cm³/mol. The largest absolute Gasteiger partial charge is 0.465 e. The number of nitrogens with one attached hydrogen (secondary N) is 1. The summed E-state index contributed by atoms with van der Waals surface area (Å²) in [5.41, 5.74) is 1.12. The smallest absolute Gasteiger partial charge is 0.337 e. The van der Waals surface area contributed by atoms with Crippen molar-refractivity contribution in [1.82, 2.24) is 0 Å². The van der Waals surface area contributed by atoms with Crippen LogP contribution >= 0.6 is 23.1 Å². The number of hydrogen-bond donors (Lipinski definition) is 1. The van der Waals surface area contributed by atoms with Crippen LogP contribution in [0.25, 0.3) is 0 Å². The molecule has 1 heterocycles. The number of amides is 1. The molecule has 0 unspecified atom stereocenters. The van der Waals surface area contributed by atoms with Gasteiger partial charge in [0.15, 0.2) is 0 Å². The zero-order valence-corrected chi connectivity index (χ0v) is 12.4. The van der Waals surface area contributed by atoms with Crippen LogP contribution in [-0.4, -0.2) is 24.7 Å². The van der Waals surface area contributed by atoms with Gasteiger partial charge in [-0.2, -0.15) is 0 Å². The molecule has 0 aliphatic heterocycles. The molecule has 1 aromatic carbocycles. The van der Waals surface area contributed by atoms with Gasteiger partial charge < -0.3 is 10.1 Å². The van der Waals surface area contributed by atoms with Crippen LogP contribution in [0.3, 0.4) is 0 Å². The summed E-state index contributed by atoms with van der Waals surface area (Å²) in [5.74, 6) is -0.107. The Balaban J connectivity index is 1.86. The fourth-order valence-corrected chi connectivity index (χ4v) is 3.07. The summed E-state index contributed by atoms with van der Waals surface area (Å²) in [6, 6.07) is 10.5. The van der Waals surface area contributed by atoms with Gasteiger partial charge in [-0.15, -0.1) is 23.1 Å². The molecule has 2 rings (SSSR count). The van der Waals surface area contributed by atoms with Crippen LogP contribution < -0.4 is 5.32 Å². The molecule has 4 nitrogen and oxygen atoms in total. The van der Waals surface area contributed by atoms with Crippen LogP contribution in [0.15, 0.2) is 46.0 Å². The molecule has 20 heavy (non-hydrogen) atoms. The van der Waals surface area contributed by atoms with Crippen LogP contribution in [-0.2, 0) is 9.53 Å². The van der Waals surface area contributed by atoms with Crippen molar-refractivity contribution in [1.29, 1.82) is 0 Å². The Bertz CT molecular complexity index is 579. The second-order valence-electron chi connectivity index (χ2n) is 3.84. The lowest BCUT2D eigenvalue weighted by Crippen LogP contribution is -2.14. The maximum absolute atomic E-state index is 11.8. The van der Waals surface area contributed by atoms with Gasteiger partial charge in [0, 0.05) is 5.69 Å². The molecule has 0 aliphatic carbocycles. The number of anilines is 1. The van der Waals surface area contributed by atoms with E-state index in [0.29, 0.717) is 17.0 Å². The first kappa shape index (κ1) is 14.6. The van der Waals surface area contributed by atoms with Crippen molar-refractivity contribution in [2.75, 3.05) is 18.2 Å². The molecule has 0 bridgehead atoms. The topological polar surface area (TPSA) is 55.4 Å². The van der Waals surface area contributed by atoms with Gasteiger partial charge in [0.1, 0.15) is 0 Å². The lowest BCUT2D eigenvalue weighted by Gasteiger charge is -2.05. The second kappa shape index (κ2) is 7.12. The summed E-state index contributed by atoms with van der Waals surface area (Å²) in [5, 5.41) is 4.76. The molecule has 0 radical (unpaired) electrons. The summed E-state index contributed by atoms with van der Waals surface area (Å²) < 4.78 is 5.72. The van der Waals surface area contributed by atoms with Crippen molar-refractivity contribution < 1.29 is 14.3 Å². The Morgan fingerprint density at radius 2 is 2.00 bits per heavy atom. The van der Waals surface area contributed by atoms with Crippen LogP contribution in [0.5, 0.6) is 0 Å². The van der Waals surface area contributed by atoms with Crippen LogP contribution in [0.2, 0.25) is 0 Å². The highest BCUT2D eigenvalue weighted by Crippen LogP contribution is 2.23. The van der Waals surface area contributed by atoms with E-state index in [2.05, 4.69) is 10.1 Å². The van der Waals surface area contributed by atoms with E-state index in [1.165, 1.54) is 18.9 Å². The van der Waals surface area contributed by atoms with Crippen molar-refractivity contribution in [3.05, 3.63) is 47.3 Å². The lowest BCUT2D eigenvalue weighted by molar-refractivity contribution is -0.113. The summed E-state index contributed by atoms with van der Waals surface area (Å²) >= 11 is 3.11. The molecule has 1 N–H and O–H groups in total. The van der Waals surface area contributed by atoms with Crippen molar-refractivity contribution in [3.63, 3.8) is 0 Å². The van der Waals surface area contributed by atoms with Crippen molar-refractivity contribution in [2.24, 2.45) is 0 Å². The van der Waals surface area contributed by atoms with E-state index < -0.39 is 5.97 Å². The number of thioether (sulfide) groups is 1. The van der Waals surface area contributed by atoms with Crippen molar-refractivity contribution >= 4 is 40.7 Å². The number of benzene rings is 1. The van der Waals surface area contributed by atoms with Crippen LogP contribution in [0.4, 0.5) is 5.69 Å². The molecular weight excluding hydrogens is 294 g/mol. The molecule has 0 saturated heterocycles. The average Bonchev–Trinajstić information content (AvgIpc) is 2.98. The number of methoxy groups -OCH3 is 1. The number of carbonyl (C=O) groups excluding carboxylic acids is 2. The van der Waals surface area contributed by atoms with E-state index in [1.807, 2.05) is 17.5 Å². The maximum Gasteiger partial charge on any atom is 0.337 e. The molecule has 104 valence electrons. The lowest BCUT2D eigenvalue weighted by atomic mass is 10.2. The van der Waals surface area contributed by atoms with Gasteiger partial charge in [0.25, 0.3) is 0 Å². The number of rotatable bonds is 5. The molecule has 0 spiro atoms. The number of thiophene rings is 1. The number of esters is 1. The predicted octanol–water partition coefficient (Wildman–Crippen LogP) is 3.27. The van der Waals surface area contributed by atoms with E-state index in [1.54, 1.807) is 35.6 Å².